The summed E-state index contributed by atoms with van der Waals surface area (Å²) >= 11 is 0. The van der Waals surface area contributed by atoms with Gasteiger partial charge in [-0.25, -0.2) is 13.1 Å². The molecule has 2 rings (SSSR count). The van der Waals surface area contributed by atoms with E-state index in [4.69, 9.17) is 9.47 Å². The van der Waals surface area contributed by atoms with Crippen molar-refractivity contribution in [2.75, 3.05) is 44.4 Å². The molecule has 0 saturated carbocycles. The summed E-state index contributed by atoms with van der Waals surface area (Å²) in [5.74, 6) is 2.15. The van der Waals surface area contributed by atoms with E-state index in [1.807, 2.05) is 18.2 Å². The van der Waals surface area contributed by atoms with Crippen molar-refractivity contribution in [3.8, 4) is 11.5 Å². The number of sulfonamides is 1. The minimum Gasteiger partial charge on any atom is -0.490 e. The Morgan fingerprint density at radius 1 is 1.20 bits per heavy atom. The predicted molar refractivity (Wildman–Crippen MR) is 99.1 cm³/mol. The molecule has 1 aromatic rings. The van der Waals surface area contributed by atoms with Gasteiger partial charge in [0, 0.05) is 38.3 Å². The smallest absolute Gasteiger partial charge is 0.211 e. The van der Waals surface area contributed by atoms with Crippen molar-refractivity contribution >= 4 is 21.7 Å². The number of nitrogens with one attached hydrogen (secondary N) is 3. The SMILES string of the molecule is CCS(=O)(=O)NCCCNC(=NC)Nc1ccc2c(c1)OCCCO2. The maximum atomic E-state index is 11.3. The van der Waals surface area contributed by atoms with E-state index in [9.17, 15) is 8.42 Å². The van der Waals surface area contributed by atoms with Gasteiger partial charge < -0.3 is 20.1 Å². The summed E-state index contributed by atoms with van der Waals surface area (Å²) in [5.41, 5.74) is 0.837. The van der Waals surface area contributed by atoms with E-state index in [0.29, 0.717) is 44.4 Å². The van der Waals surface area contributed by atoms with Crippen LogP contribution in [0.2, 0.25) is 0 Å². The molecule has 8 nitrogen and oxygen atoms in total. The lowest BCUT2D eigenvalue weighted by Crippen LogP contribution is -2.34. The number of hydrogen-bond donors (Lipinski definition) is 3. The predicted octanol–water partition coefficient (Wildman–Crippen LogP) is 1.16. The highest BCUT2D eigenvalue weighted by atomic mass is 32.2. The van der Waals surface area contributed by atoms with Crippen LogP contribution in [0.3, 0.4) is 0 Å². The quantitative estimate of drug-likeness (QED) is 0.378. The molecule has 0 radical (unpaired) electrons. The Morgan fingerprint density at radius 2 is 1.96 bits per heavy atom. The van der Waals surface area contributed by atoms with Gasteiger partial charge in [0.25, 0.3) is 0 Å². The summed E-state index contributed by atoms with van der Waals surface area (Å²) in [5, 5.41) is 6.33. The van der Waals surface area contributed by atoms with Crippen molar-refractivity contribution < 1.29 is 17.9 Å². The Bertz CT molecular complexity index is 691. The number of nitrogens with zero attached hydrogens (tertiary/aromatic N) is 1. The molecule has 3 N–H and O–H groups in total. The second-order valence-electron chi connectivity index (χ2n) is 5.49. The van der Waals surface area contributed by atoms with Crippen molar-refractivity contribution in [2.45, 2.75) is 19.8 Å². The zero-order valence-electron chi connectivity index (χ0n) is 14.7. The molecule has 1 aromatic carbocycles. The zero-order chi connectivity index (χ0) is 18.1. The molecule has 0 bridgehead atoms. The number of anilines is 1. The van der Waals surface area contributed by atoms with Crippen LogP contribution in [0.4, 0.5) is 5.69 Å². The van der Waals surface area contributed by atoms with Crippen LogP contribution in [0.25, 0.3) is 0 Å². The molecule has 0 aromatic heterocycles. The Morgan fingerprint density at radius 3 is 2.68 bits per heavy atom. The monoisotopic (exact) mass is 370 g/mol. The van der Waals surface area contributed by atoms with E-state index in [1.54, 1.807) is 14.0 Å². The van der Waals surface area contributed by atoms with Gasteiger partial charge in [0.2, 0.25) is 10.0 Å². The summed E-state index contributed by atoms with van der Waals surface area (Å²) < 4.78 is 36.5. The molecule has 0 fully saturated rings. The van der Waals surface area contributed by atoms with E-state index in [1.165, 1.54) is 0 Å². The summed E-state index contributed by atoms with van der Waals surface area (Å²) in [6.07, 6.45) is 1.52. The Labute approximate surface area is 149 Å². The molecule has 0 unspecified atom stereocenters. The second kappa shape index (κ2) is 9.47. The number of rotatable bonds is 7. The van der Waals surface area contributed by atoms with Gasteiger partial charge >= 0.3 is 0 Å². The minimum atomic E-state index is -3.14. The minimum absolute atomic E-state index is 0.0910. The molecule has 1 heterocycles. The number of guanidine groups is 1. The fourth-order valence-electron chi connectivity index (χ4n) is 2.18. The average molecular weight is 370 g/mol. The lowest BCUT2D eigenvalue weighted by atomic mass is 10.3. The van der Waals surface area contributed by atoms with E-state index in [2.05, 4.69) is 20.3 Å². The van der Waals surface area contributed by atoms with Crippen LogP contribution in [0.1, 0.15) is 19.8 Å². The fraction of sp³-hybridized carbons (Fsp3) is 0.562. The maximum absolute atomic E-state index is 11.3. The lowest BCUT2D eigenvalue weighted by molar-refractivity contribution is 0.297. The average Bonchev–Trinajstić information content (AvgIpc) is 2.85. The number of ether oxygens (including phenoxy) is 2. The number of hydrogen-bond acceptors (Lipinski definition) is 5. The molecule has 1 aliphatic rings. The van der Waals surface area contributed by atoms with E-state index in [0.717, 1.165) is 17.9 Å². The van der Waals surface area contributed by atoms with Crippen molar-refractivity contribution in [1.82, 2.24) is 10.0 Å². The van der Waals surface area contributed by atoms with Crippen LogP contribution in [0, 0.1) is 0 Å². The highest BCUT2D eigenvalue weighted by molar-refractivity contribution is 7.89. The van der Waals surface area contributed by atoms with Gasteiger partial charge in [-0.1, -0.05) is 0 Å². The van der Waals surface area contributed by atoms with Crippen molar-refractivity contribution in [2.24, 2.45) is 4.99 Å². The van der Waals surface area contributed by atoms with Crippen LogP contribution in [0.5, 0.6) is 11.5 Å². The van der Waals surface area contributed by atoms with E-state index < -0.39 is 10.0 Å². The second-order valence-corrected chi connectivity index (χ2v) is 7.58. The van der Waals surface area contributed by atoms with Gasteiger partial charge in [0.05, 0.1) is 19.0 Å². The lowest BCUT2D eigenvalue weighted by Gasteiger charge is -2.14. The fourth-order valence-corrected chi connectivity index (χ4v) is 2.84. The third-order valence-corrected chi connectivity index (χ3v) is 4.99. The first-order valence-electron chi connectivity index (χ1n) is 8.38. The number of fused-ring (bicyclic) bond motifs is 1. The van der Waals surface area contributed by atoms with Crippen LogP contribution >= 0.6 is 0 Å². The van der Waals surface area contributed by atoms with Crippen molar-refractivity contribution in [1.29, 1.82) is 0 Å². The van der Waals surface area contributed by atoms with Gasteiger partial charge in [-0.05, 0) is 25.5 Å². The first-order chi connectivity index (χ1) is 12.0. The molecule has 0 aliphatic carbocycles. The van der Waals surface area contributed by atoms with Gasteiger partial charge in [-0.2, -0.15) is 0 Å². The maximum Gasteiger partial charge on any atom is 0.211 e. The van der Waals surface area contributed by atoms with Gasteiger partial charge in [-0.15, -0.1) is 0 Å². The topological polar surface area (TPSA) is 101 Å². The molecular weight excluding hydrogens is 344 g/mol. The first kappa shape index (κ1) is 19.3. The van der Waals surface area contributed by atoms with Crippen molar-refractivity contribution in [3.05, 3.63) is 18.2 Å². The summed E-state index contributed by atoms with van der Waals surface area (Å²) in [6.45, 7) is 3.89. The molecule has 25 heavy (non-hydrogen) atoms. The Kier molecular flexibility index (Phi) is 7.32. The highest BCUT2D eigenvalue weighted by Gasteiger charge is 2.11. The highest BCUT2D eigenvalue weighted by Crippen LogP contribution is 2.32. The molecule has 0 saturated heterocycles. The van der Waals surface area contributed by atoms with E-state index in [-0.39, 0.29) is 5.75 Å². The largest absolute Gasteiger partial charge is 0.490 e. The molecule has 140 valence electrons. The molecular formula is C16H26N4O4S. The van der Waals surface area contributed by atoms with Crippen LogP contribution in [-0.4, -0.2) is 53.5 Å². The third-order valence-electron chi connectivity index (χ3n) is 3.58. The Hall–Kier alpha value is -2.00. The summed E-state index contributed by atoms with van der Waals surface area (Å²) in [7, 11) is -1.46. The Balaban J connectivity index is 1.81. The van der Waals surface area contributed by atoms with Crippen LogP contribution in [-0.2, 0) is 10.0 Å². The van der Waals surface area contributed by atoms with Crippen LogP contribution < -0.4 is 24.8 Å². The first-order valence-corrected chi connectivity index (χ1v) is 10.0. The van der Waals surface area contributed by atoms with Gasteiger partial charge in [0.15, 0.2) is 17.5 Å². The van der Waals surface area contributed by atoms with Gasteiger partial charge in [0.1, 0.15) is 0 Å². The molecule has 1 aliphatic heterocycles. The number of benzene rings is 1. The standard InChI is InChI=1S/C16H26N4O4S/c1-3-25(21,22)19-9-4-8-18-16(17-2)20-13-6-7-14-15(12-13)24-11-5-10-23-14/h6-7,12,19H,3-5,8-11H2,1-2H3,(H2,17,18,20). The summed E-state index contributed by atoms with van der Waals surface area (Å²) in [6, 6.07) is 5.65. The summed E-state index contributed by atoms with van der Waals surface area (Å²) in [4.78, 5) is 4.16. The molecule has 0 atom stereocenters. The zero-order valence-corrected chi connectivity index (χ0v) is 15.5. The van der Waals surface area contributed by atoms with Crippen molar-refractivity contribution in [3.63, 3.8) is 0 Å². The molecule has 9 heteroatoms. The molecule has 0 spiro atoms. The number of aliphatic imine (C=N–C) groups is 1. The molecule has 0 amide bonds. The van der Waals surface area contributed by atoms with E-state index >= 15 is 0 Å². The third kappa shape index (κ3) is 6.43. The van der Waals surface area contributed by atoms with Gasteiger partial charge in [-0.3, -0.25) is 4.99 Å². The normalized spacial score (nSPS) is 14.7. The van der Waals surface area contributed by atoms with Crippen LogP contribution in [0.15, 0.2) is 23.2 Å².